The van der Waals surface area contributed by atoms with Crippen LogP contribution in [-0.2, 0) is 10.3 Å². The van der Waals surface area contributed by atoms with E-state index < -0.39 is 11.2 Å². The fourth-order valence-corrected chi connectivity index (χ4v) is 2.70. The van der Waals surface area contributed by atoms with Crippen LogP contribution in [0.15, 0.2) is 28.7 Å². The van der Waals surface area contributed by atoms with E-state index in [1.807, 2.05) is 45.0 Å². The summed E-state index contributed by atoms with van der Waals surface area (Å²) in [7, 11) is 0. The van der Waals surface area contributed by atoms with Crippen LogP contribution in [0.2, 0.25) is 0 Å². The molecule has 1 aromatic rings. The van der Waals surface area contributed by atoms with Crippen molar-refractivity contribution in [1.29, 1.82) is 0 Å². The van der Waals surface area contributed by atoms with E-state index in [2.05, 4.69) is 15.9 Å². The van der Waals surface area contributed by atoms with Gasteiger partial charge in [0.25, 0.3) is 0 Å². The summed E-state index contributed by atoms with van der Waals surface area (Å²) in [6, 6.07) is 7.50. The minimum Gasteiger partial charge on any atom is -0.444 e. The number of nitrogens with zero attached hydrogens (tertiary/aromatic N) is 1. The predicted molar refractivity (Wildman–Crippen MR) is 75.8 cm³/mol. The Balaban J connectivity index is 2.02. The van der Waals surface area contributed by atoms with Gasteiger partial charge in [0, 0.05) is 10.0 Å². The Labute approximate surface area is 121 Å². The van der Waals surface area contributed by atoms with Crippen molar-refractivity contribution in [2.45, 2.75) is 32.0 Å². The lowest BCUT2D eigenvalue weighted by Gasteiger charge is -2.46. The van der Waals surface area contributed by atoms with Crippen molar-refractivity contribution in [3.05, 3.63) is 34.3 Å². The minimum atomic E-state index is -0.989. The van der Waals surface area contributed by atoms with Crippen LogP contribution in [0.3, 0.4) is 0 Å². The number of amides is 1. The van der Waals surface area contributed by atoms with Gasteiger partial charge in [0.2, 0.25) is 0 Å². The summed E-state index contributed by atoms with van der Waals surface area (Å²) < 4.78 is 6.11. The zero-order valence-corrected chi connectivity index (χ0v) is 12.9. The van der Waals surface area contributed by atoms with Crippen LogP contribution in [0.25, 0.3) is 0 Å². The molecular weight excluding hydrogens is 310 g/mol. The Hall–Kier alpha value is -1.07. The molecule has 0 aromatic heterocycles. The first-order valence-electron chi connectivity index (χ1n) is 6.17. The number of carbonyl (C=O) groups excluding carboxylic acids is 1. The van der Waals surface area contributed by atoms with Crippen molar-refractivity contribution in [2.75, 3.05) is 13.1 Å². The Bertz CT molecular complexity index is 490. The van der Waals surface area contributed by atoms with Crippen LogP contribution < -0.4 is 0 Å². The normalized spacial score (nSPS) is 17.8. The molecule has 1 heterocycles. The highest BCUT2D eigenvalue weighted by Crippen LogP contribution is 2.36. The monoisotopic (exact) mass is 327 g/mol. The first-order chi connectivity index (χ1) is 8.71. The van der Waals surface area contributed by atoms with Crippen molar-refractivity contribution < 1.29 is 14.6 Å². The summed E-state index contributed by atoms with van der Waals surface area (Å²) in [5, 5.41) is 10.5. The van der Waals surface area contributed by atoms with Gasteiger partial charge in [-0.1, -0.05) is 34.1 Å². The Morgan fingerprint density at radius 1 is 1.37 bits per heavy atom. The lowest BCUT2D eigenvalue weighted by atomic mass is 9.86. The molecule has 5 heteroatoms. The molecule has 2 rings (SSSR count). The van der Waals surface area contributed by atoms with Crippen LogP contribution in [-0.4, -0.2) is 34.8 Å². The van der Waals surface area contributed by atoms with Crippen LogP contribution in [0.5, 0.6) is 0 Å². The number of halogens is 1. The minimum absolute atomic E-state index is 0.254. The molecule has 1 saturated heterocycles. The van der Waals surface area contributed by atoms with Crippen LogP contribution in [0, 0.1) is 0 Å². The van der Waals surface area contributed by atoms with Crippen molar-refractivity contribution in [3.63, 3.8) is 0 Å². The van der Waals surface area contributed by atoms with Crippen LogP contribution in [0.4, 0.5) is 4.79 Å². The highest BCUT2D eigenvalue weighted by molar-refractivity contribution is 9.10. The molecule has 0 bridgehead atoms. The molecule has 1 fully saturated rings. The fraction of sp³-hybridized carbons (Fsp3) is 0.500. The number of β-amino-alcohol motifs (C(OH)–C–C–N with tert-alkyl or cyclic N) is 1. The van der Waals surface area contributed by atoms with Crippen molar-refractivity contribution >= 4 is 22.0 Å². The highest BCUT2D eigenvalue weighted by Gasteiger charge is 2.47. The van der Waals surface area contributed by atoms with E-state index in [0.29, 0.717) is 0 Å². The van der Waals surface area contributed by atoms with E-state index in [1.165, 1.54) is 4.90 Å². The van der Waals surface area contributed by atoms with Crippen molar-refractivity contribution in [1.82, 2.24) is 4.90 Å². The summed E-state index contributed by atoms with van der Waals surface area (Å²) in [5.74, 6) is 0. The van der Waals surface area contributed by atoms with E-state index in [1.54, 1.807) is 0 Å². The quantitative estimate of drug-likeness (QED) is 0.862. The Morgan fingerprint density at radius 2 is 1.95 bits per heavy atom. The van der Waals surface area contributed by atoms with E-state index >= 15 is 0 Å². The highest BCUT2D eigenvalue weighted by atomic mass is 79.9. The largest absolute Gasteiger partial charge is 0.444 e. The summed E-state index contributed by atoms with van der Waals surface area (Å²) in [5.41, 5.74) is -0.704. The third-order valence-corrected chi connectivity index (χ3v) is 3.62. The number of likely N-dealkylation sites (tertiary alicyclic amines) is 1. The average Bonchev–Trinajstić information content (AvgIpc) is 2.23. The summed E-state index contributed by atoms with van der Waals surface area (Å²) >= 11 is 3.42. The molecule has 0 unspecified atom stereocenters. The lowest BCUT2D eigenvalue weighted by molar-refractivity contribution is -0.104. The number of hydrogen-bond acceptors (Lipinski definition) is 3. The molecule has 1 amide bonds. The standard InChI is InChI=1S/C14H18BrNO3/c1-13(2,3)19-12(17)16-8-14(18,9-16)10-6-4-5-7-11(10)15/h4-7,18H,8-9H2,1-3H3. The summed E-state index contributed by atoms with van der Waals surface area (Å²) in [6.07, 6.45) is -0.385. The number of hydrogen-bond donors (Lipinski definition) is 1. The summed E-state index contributed by atoms with van der Waals surface area (Å²) in [6.45, 7) is 5.98. The molecule has 0 radical (unpaired) electrons. The number of ether oxygens (including phenoxy) is 1. The second-order valence-electron chi connectivity index (χ2n) is 5.85. The van der Waals surface area contributed by atoms with Crippen LogP contribution in [0.1, 0.15) is 26.3 Å². The topological polar surface area (TPSA) is 49.8 Å². The molecule has 0 spiro atoms. The van der Waals surface area contributed by atoms with E-state index in [0.717, 1.165) is 10.0 Å². The zero-order chi connectivity index (χ0) is 14.3. The Kier molecular flexibility index (Phi) is 3.62. The molecule has 0 saturated carbocycles. The third kappa shape index (κ3) is 3.09. The maximum atomic E-state index is 11.8. The number of benzene rings is 1. The van der Waals surface area contributed by atoms with Crippen LogP contribution >= 0.6 is 15.9 Å². The zero-order valence-electron chi connectivity index (χ0n) is 11.3. The predicted octanol–water partition coefficient (Wildman–Crippen LogP) is 2.89. The second-order valence-corrected chi connectivity index (χ2v) is 6.70. The van der Waals surface area contributed by atoms with Crippen molar-refractivity contribution in [2.24, 2.45) is 0 Å². The van der Waals surface area contributed by atoms with Gasteiger partial charge in [-0.15, -0.1) is 0 Å². The van der Waals surface area contributed by atoms with Gasteiger partial charge in [-0.2, -0.15) is 0 Å². The molecular formula is C14H18BrNO3. The van der Waals surface area contributed by atoms with Gasteiger partial charge in [0.1, 0.15) is 11.2 Å². The molecule has 0 atom stereocenters. The molecule has 1 aliphatic heterocycles. The van der Waals surface area contributed by atoms with Gasteiger partial charge in [-0.3, -0.25) is 0 Å². The maximum Gasteiger partial charge on any atom is 0.410 e. The number of carbonyl (C=O) groups is 1. The Morgan fingerprint density at radius 3 is 2.47 bits per heavy atom. The summed E-state index contributed by atoms with van der Waals surface area (Å²) in [4.78, 5) is 13.3. The number of rotatable bonds is 1. The van der Waals surface area contributed by atoms with E-state index in [-0.39, 0.29) is 19.2 Å². The molecule has 19 heavy (non-hydrogen) atoms. The van der Waals surface area contributed by atoms with Gasteiger partial charge in [0.05, 0.1) is 13.1 Å². The third-order valence-electron chi connectivity index (χ3n) is 2.93. The number of aliphatic hydroxyl groups is 1. The van der Waals surface area contributed by atoms with Gasteiger partial charge >= 0.3 is 6.09 Å². The van der Waals surface area contributed by atoms with Gasteiger partial charge in [-0.05, 0) is 26.8 Å². The molecule has 1 N–H and O–H groups in total. The maximum absolute atomic E-state index is 11.8. The average molecular weight is 328 g/mol. The van der Waals surface area contributed by atoms with Crippen molar-refractivity contribution in [3.8, 4) is 0 Å². The molecule has 1 aromatic carbocycles. The van der Waals surface area contributed by atoms with E-state index in [4.69, 9.17) is 4.74 Å². The molecule has 1 aliphatic rings. The van der Waals surface area contributed by atoms with Gasteiger partial charge in [0.15, 0.2) is 0 Å². The van der Waals surface area contributed by atoms with Gasteiger partial charge < -0.3 is 14.7 Å². The van der Waals surface area contributed by atoms with E-state index in [9.17, 15) is 9.90 Å². The van der Waals surface area contributed by atoms with Gasteiger partial charge in [-0.25, -0.2) is 4.79 Å². The fourth-order valence-electron chi connectivity index (χ4n) is 2.05. The molecule has 104 valence electrons. The smallest absolute Gasteiger partial charge is 0.410 e. The first-order valence-corrected chi connectivity index (χ1v) is 6.96. The molecule has 0 aliphatic carbocycles. The lowest BCUT2D eigenvalue weighted by Crippen LogP contribution is -2.62. The first kappa shape index (κ1) is 14.3. The second kappa shape index (κ2) is 4.80. The SMILES string of the molecule is CC(C)(C)OC(=O)N1CC(O)(c2ccccc2Br)C1. The molecule has 4 nitrogen and oxygen atoms in total.